The molecular formula is C6H4ClNO. The van der Waals surface area contributed by atoms with E-state index >= 15 is 0 Å². The normalized spacial score (nSPS) is 29.2. The number of fused-ring (bicyclic) bond motifs is 1. The molecule has 1 unspecified atom stereocenters. The Kier molecular flexibility index (Phi) is 0.904. The molecule has 0 bridgehead atoms. The summed E-state index contributed by atoms with van der Waals surface area (Å²) >= 11 is 5.60. The number of aliphatic imine (C=N–C) groups is 1. The predicted octanol–water partition coefficient (Wildman–Crippen LogP) is 1.43. The molecule has 0 radical (unpaired) electrons. The van der Waals surface area contributed by atoms with Crippen molar-refractivity contribution >= 4 is 17.8 Å². The third kappa shape index (κ3) is 0.669. The van der Waals surface area contributed by atoms with Crippen molar-refractivity contribution in [2.24, 2.45) is 4.99 Å². The van der Waals surface area contributed by atoms with E-state index in [1.165, 1.54) is 0 Å². The Morgan fingerprint density at radius 2 is 2.56 bits per heavy atom. The number of hydrogen-bond acceptors (Lipinski definition) is 2. The van der Waals surface area contributed by atoms with Crippen LogP contribution in [0.25, 0.3) is 0 Å². The van der Waals surface area contributed by atoms with Crippen LogP contribution in [0, 0.1) is 0 Å². The maximum Gasteiger partial charge on any atom is 0.193 e. The van der Waals surface area contributed by atoms with E-state index in [1.54, 1.807) is 18.4 Å². The topological polar surface area (TPSA) is 21.6 Å². The fourth-order valence-corrected chi connectivity index (χ4v) is 1.05. The zero-order chi connectivity index (χ0) is 6.27. The first kappa shape index (κ1) is 5.06. The summed E-state index contributed by atoms with van der Waals surface area (Å²) in [4.78, 5) is 3.98. The highest BCUT2D eigenvalue weighted by Gasteiger charge is 2.20. The van der Waals surface area contributed by atoms with Crippen molar-refractivity contribution in [1.29, 1.82) is 0 Å². The molecule has 2 aliphatic rings. The molecule has 2 heterocycles. The van der Waals surface area contributed by atoms with E-state index in [0.29, 0.717) is 0 Å². The molecule has 0 saturated heterocycles. The molecule has 1 atom stereocenters. The predicted molar refractivity (Wildman–Crippen MR) is 35.4 cm³/mol. The number of halogens is 1. The summed E-state index contributed by atoms with van der Waals surface area (Å²) < 4.78 is 5.09. The van der Waals surface area contributed by atoms with Crippen molar-refractivity contribution in [3.8, 4) is 0 Å². The van der Waals surface area contributed by atoms with Gasteiger partial charge in [0.25, 0.3) is 0 Å². The maximum absolute atomic E-state index is 5.60. The third-order valence-corrected chi connectivity index (χ3v) is 1.44. The number of rotatable bonds is 0. The van der Waals surface area contributed by atoms with Gasteiger partial charge < -0.3 is 4.74 Å². The molecule has 9 heavy (non-hydrogen) atoms. The third-order valence-electron chi connectivity index (χ3n) is 1.22. The summed E-state index contributed by atoms with van der Waals surface area (Å²) in [6, 6.07) is 0. The van der Waals surface area contributed by atoms with Crippen molar-refractivity contribution in [2.75, 3.05) is 0 Å². The van der Waals surface area contributed by atoms with Crippen molar-refractivity contribution in [3.63, 3.8) is 0 Å². The minimum absolute atomic E-state index is 0.316. The van der Waals surface area contributed by atoms with Gasteiger partial charge >= 0.3 is 0 Å². The molecule has 0 amide bonds. The van der Waals surface area contributed by atoms with Gasteiger partial charge in [-0.15, -0.1) is 0 Å². The van der Waals surface area contributed by atoms with E-state index in [1.807, 2.05) is 0 Å². The van der Waals surface area contributed by atoms with Gasteiger partial charge in [0, 0.05) is 18.4 Å². The molecule has 2 aliphatic heterocycles. The SMILES string of the molecule is ClC1C=C2N=CC=C2O1. The number of ether oxygens (including phenoxy) is 1. The molecule has 0 aromatic rings. The summed E-state index contributed by atoms with van der Waals surface area (Å²) in [6.45, 7) is 0. The average Bonchev–Trinajstić information content (AvgIpc) is 2.22. The minimum atomic E-state index is -0.316. The zero-order valence-electron chi connectivity index (χ0n) is 4.54. The molecule has 0 aromatic heterocycles. The zero-order valence-corrected chi connectivity index (χ0v) is 5.30. The van der Waals surface area contributed by atoms with E-state index in [2.05, 4.69) is 4.99 Å². The highest BCUT2D eigenvalue weighted by Crippen LogP contribution is 2.28. The van der Waals surface area contributed by atoms with Crippen LogP contribution >= 0.6 is 11.6 Å². The van der Waals surface area contributed by atoms with Crippen LogP contribution < -0.4 is 0 Å². The Morgan fingerprint density at radius 3 is 3.33 bits per heavy atom. The number of nitrogens with zero attached hydrogens (tertiary/aromatic N) is 1. The van der Waals surface area contributed by atoms with Gasteiger partial charge in [-0.25, -0.2) is 0 Å². The van der Waals surface area contributed by atoms with Crippen molar-refractivity contribution in [3.05, 3.63) is 23.6 Å². The monoisotopic (exact) mass is 141 g/mol. The second kappa shape index (κ2) is 1.61. The van der Waals surface area contributed by atoms with Crippen LogP contribution in [0.5, 0.6) is 0 Å². The first-order valence-electron chi connectivity index (χ1n) is 2.63. The molecule has 0 fully saturated rings. The Labute approximate surface area is 57.5 Å². The molecule has 0 aliphatic carbocycles. The second-order valence-electron chi connectivity index (χ2n) is 1.83. The number of hydrogen-bond donors (Lipinski definition) is 0. The Hall–Kier alpha value is -0.760. The number of alkyl halides is 1. The summed E-state index contributed by atoms with van der Waals surface area (Å²) in [5, 5.41) is 0. The van der Waals surface area contributed by atoms with Crippen LogP contribution in [0.3, 0.4) is 0 Å². The first-order chi connectivity index (χ1) is 4.36. The van der Waals surface area contributed by atoms with Gasteiger partial charge in [-0.1, -0.05) is 11.6 Å². The molecule has 0 aromatic carbocycles. The van der Waals surface area contributed by atoms with Crippen LogP contribution in [0.15, 0.2) is 28.6 Å². The van der Waals surface area contributed by atoms with Gasteiger partial charge in [-0.3, -0.25) is 4.99 Å². The van der Waals surface area contributed by atoms with Crippen LogP contribution in [0.2, 0.25) is 0 Å². The fraction of sp³-hybridized carbons (Fsp3) is 0.167. The largest absolute Gasteiger partial charge is 0.469 e. The molecule has 0 N–H and O–H groups in total. The van der Waals surface area contributed by atoms with E-state index in [0.717, 1.165) is 11.5 Å². The Balaban J connectivity index is 2.40. The van der Waals surface area contributed by atoms with Crippen LogP contribution in [0.4, 0.5) is 0 Å². The molecule has 46 valence electrons. The maximum atomic E-state index is 5.60. The van der Waals surface area contributed by atoms with Gasteiger partial charge in [0.15, 0.2) is 5.56 Å². The van der Waals surface area contributed by atoms with E-state index in [9.17, 15) is 0 Å². The molecule has 2 nitrogen and oxygen atoms in total. The van der Waals surface area contributed by atoms with Gasteiger partial charge in [-0.2, -0.15) is 0 Å². The molecule has 0 spiro atoms. The summed E-state index contributed by atoms with van der Waals surface area (Å²) in [5.41, 5.74) is 0.540. The smallest absolute Gasteiger partial charge is 0.193 e. The summed E-state index contributed by atoms with van der Waals surface area (Å²) in [7, 11) is 0. The van der Waals surface area contributed by atoms with E-state index in [-0.39, 0.29) is 5.56 Å². The Morgan fingerprint density at radius 1 is 1.67 bits per heavy atom. The van der Waals surface area contributed by atoms with Gasteiger partial charge in [0.2, 0.25) is 0 Å². The van der Waals surface area contributed by atoms with Crippen molar-refractivity contribution in [1.82, 2.24) is 0 Å². The standard InChI is InChI=1S/C6H4ClNO/c7-6-3-4-5(9-6)1-2-8-4/h1-3,6H. The second-order valence-corrected chi connectivity index (χ2v) is 2.26. The lowest BCUT2D eigenvalue weighted by molar-refractivity contribution is 0.245. The molecule has 2 rings (SSSR count). The van der Waals surface area contributed by atoms with Gasteiger partial charge in [-0.05, 0) is 0 Å². The van der Waals surface area contributed by atoms with Gasteiger partial charge in [0.05, 0.1) is 0 Å². The minimum Gasteiger partial charge on any atom is -0.469 e. The van der Waals surface area contributed by atoms with Crippen LogP contribution in [-0.2, 0) is 4.74 Å². The lowest BCUT2D eigenvalue weighted by Gasteiger charge is -1.97. The van der Waals surface area contributed by atoms with E-state index < -0.39 is 0 Å². The van der Waals surface area contributed by atoms with Crippen molar-refractivity contribution < 1.29 is 4.74 Å². The number of allylic oxidation sites excluding steroid dienone is 1. The van der Waals surface area contributed by atoms with Crippen LogP contribution in [0.1, 0.15) is 0 Å². The Bertz CT molecular complexity index is 229. The fourth-order valence-electron chi connectivity index (χ4n) is 0.839. The van der Waals surface area contributed by atoms with E-state index in [4.69, 9.17) is 16.3 Å². The van der Waals surface area contributed by atoms with Gasteiger partial charge in [0.1, 0.15) is 11.5 Å². The summed E-state index contributed by atoms with van der Waals surface area (Å²) in [5.74, 6) is 0.787. The molecule has 3 heteroatoms. The first-order valence-corrected chi connectivity index (χ1v) is 3.07. The lowest BCUT2D eigenvalue weighted by Crippen LogP contribution is -1.90. The van der Waals surface area contributed by atoms with Crippen molar-refractivity contribution in [2.45, 2.75) is 5.56 Å². The lowest BCUT2D eigenvalue weighted by atomic mass is 10.4. The highest BCUT2D eigenvalue weighted by molar-refractivity contribution is 6.21. The average molecular weight is 142 g/mol. The quantitative estimate of drug-likeness (QED) is 0.468. The molecular weight excluding hydrogens is 138 g/mol. The van der Waals surface area contributed by atoms with Crippen LogP contribution in [-0.4, -0.2) is 11.8 Å². The highest BCUT2D eigenvalue weighted by atomic mass is 35.5. The summed E-state index contributed by atoms with van der Waals surface area (Å²) in [6.07, 6.45) is 5.27. The molecule has 0 saturated carbocycles.